The summed E-state index contributed by atoms with van der Waals surface area (Å²) in [7, 11) is 0. The van der Waals surface area contributed by atoms with Gasteiger partial charge in [0.05, 0.1) is 5.69 Å². The minimum atomic E-state index is -0.341. The van der Waals surface area contributed by atoms with Crippen molar-refractivity contribution in [1.29, 1.82) is 0 Å². The van der Waals surface area contributed by atoms with E-state index in [-0.39, 0.29) is 11.6 Å². The summed E-state index contributed by atoms with van der Waals surface area (Å²) in [5.74, 6) is 0.276. The molecule has 4 aromatic rings. The zero-order chi connectivity index (χ0) is 16.5. The lowest BCUT2D eigenvalue weighted by molar-refractivity contribution is 0.102. The van der Waals surface area contributed by atoms with Crippen molar-refractivity contribution in [3.8, 4) is 11.4 Å². The topological polar surface area (TPSA) is 98.0 Å². The molecule has 0 radical (unpaired) electrons. The third-order valence-electron chi connectivity index (χ3n) is 3.30. The second kappa shape index (κ2) is 5.78. The molecule has 118 valence electrons. The average Bonchev–Trinajstić information content (AvgIpc) is 3.23. The molecule has 0 aliphatic heterocycles. The van der Waals surface area contributed by atoms with Crippen molar-refractivity contribution >= 4 is 28.0 Å². The van der Waals surface area contributed by atoms with Crippen molar-refractivity contribution in [3.05, 3.63) is 53.4 Å². The molecular weight excluding hydrogens is 326 g/mol. The Bertz CT molecular complexity index is 1020. The van der Waals surface area contributed by atoms with E-state index in [9.17, 15) is 4.79 Å². The lowest BCUT2D eigenvalue weighted by Crippen LogP contribution is -2.15. The normalized spacial score (nSPS) is 10.9. The van der Waals surface area contributed by atoms with E-state index < -0.39 is 0 Å². The van der Waals surface area contributed by atoms with Gasteiger partial charge in [-0.15, -0.1) is 21.5 Å². The van der Waals surface area contributed by atoms with Crippen molar-refractivity contribution < 1.29 is 4.79 Å². The number of aromatic nitrogens is 6. The summed E-state index contributed by atoms with van der Waals surface area (Å²) in [5, 5.41) is 17.2. The zero-order valence-electron chi connectivity index (χ0n) is 12.5. The van der Waals surface area contributed by atoms with Crippen LogP contribution in [0.3, 0.4) is 0 Å². The number of aryl methyl sites for hydroxylation is 1. The van der Waals surface area contributed by atoms with Gasteiger partial charge in [0.15, 0.2) is 16.6 Å². The van der Waals surface area contributed by atoms with Gasteiger partial charge in [-0.05, 0) is 31.2 Å². The number of hydrogen-bond donors (Lipinski definition) is 1. The SMILES string of the molecule is Cc1nnc2ccc(C(=O)Nc3nc(-c4ccccn4)cs3)nn12. The third kappa shape index (κ3) is 2.61. The predicted octanol–water partition coefficient (Wildman–Crippen LogP) is 2.20. The van der Waals surface area contributed by atoms with Crippen LogP contribution in [-0.2, 0) is 0 Å². The van der Waals surface area contributed by atoms with Gasteiger partial charge in [-0.3, -0.25) is 15.1 Å². The number of pyridine rings is 1. The van der Waals surface area contributed by atoms with E-state index in [1.54, 1.807) is 25.3 Å². The quantitative estimate of drug-likeness (QED) is 0.615. The first-order valence-electron chi connectivity index (χ1n) is 7.08. The van der Waals surface area contributed by atoms with Crippen LogP contribution in [0.25, 0.3) is 17.0 Å². The Kier molecular flexibility index (Phi) is 3.47. The number of hydrogen-bond acceptors (Lipinski definition) is 7. The van der Waals surface area contributed by atoms with Crippen molar-refractivity contribution in [1.82, 2.24) is 29.8 Å². The Morgan fingerprint density at radius 1 is 1.17 bits per heavy atom. The fourth-order valence-corrected chi connectivity index (χ4v) is 2.84. The van der Waals surface area contributed by atoms with Crippen LogP contribution in [0.5, 0.6) is 0 Å². The number of carbonyl (C=O) groups is 1. The summed E-state index contributed by atoms with van der Waals surface area (Å²) in [5.41, 5.74) is 2.33. The number of carbonyl (C=O) groups excluding carboxylic acids is 1. The maximum atomic E-state index is 12.4. The first-order valence-corrected chi connectivity index (χ1v) is 7.96. The second-order valence-electron chi connectivity index (χ2n) is 4.94. The minimum absolute atomic E-state index is 0.264. The van der Waals surface area contributed by atoms with E-state index in [1.807, 2.05) is 23.6 Å². The lowest BCUT2D eigenvalue weighted by Gasteiger charge is -2.01. The van der Waals surface area contributed by atoms with Crippen LogP contribution in [0.4, 0.5) is 5.13 Å². The van der Waals surface area contributed by atoms with Gasteiger partial charge in [0.2, 0.25) is 0 Å². The van der Waals surface area contributed by atoms with Crippen LogP contribution in [0, 0.1) is 6.92 Å². The molecule has 1 N–H and O–H groups in total. The highest BCUT2D eigenvalue weighted by atomic mass is 32.1. The molecule has 4 aromatic heterocycles. The molecule has 0 aromatic carbocycles. The summed E-state index contributed by atoms with van der Waals surface area (Å²) in [6.07, 6.45) is 1.70. The number of amides is 1. The number of fused-ring (bicyclic) bond motifs is 1. The largest absolute Gasteiger partial charge is 0.296 e. The van der Waals surface area contributed by atoms with Crippen molar-refractivity contribution in [2.75, 3.05) is 5.32 Å². The molecule has 4 rings (SSSR count). The van der Waals surface area contributed by atoms with E-state index in [0.29, 0.717) is 22.3 Å². The minimum Gasteiger partial charge on any atom is -0.296 e. The molecule has 0 fully saturated rings. The number of anilines is 1. The second-order valence-corrected chi connectivity index (χ2v) is 5.80. The summed E-state index contributed by atoms with van der Waals surface area (Å²) < 4.78 is 1.52. The molecule has 0 aliphatic carbocycles. The maximum absolute atomic E-state index is 12.4. The molecule has 0 unspecified atom stereocenters. The number of thiazole rings is 1. The molecule has 1 amide bonds. The summed E-state index contributed by atoms with van der Waals surface area (Å²) in [4.78, 5) is 21.0. The van der Waals surface area contributed by atoms with Gasteiger partial charge in [0.1, 0.15) is 11.4 Å². The van der Waals surface area contributed by atoms with E-state index in [0.717, 1.165) is 5.69 Å². The Morgan fingerprint density at radius 2 is 2.08 bits per heavy atom. The van der Waals surface area contributed by atoms with Crippen molar-refractivity contribution in [2.24, 2.45) is 0 Å². The first kappa shape index (κ1) is 14.4. The van der Waals surface area contributed by atoms with Crippen LogP contribution >= 0.6 is 11.3 Å². The Hall–Kier alpha value is -3.20. The molecule has 9 heteroatoms. The smallest absolute Gasteiger partial charge is 0.277 e. The van der Waals surface area contributed by atoms with Crippen LogP contribution in [-0.4, -0.2) is 35.7 Å². The highest BCUT2D eigenvalue weighted by Gasteiger charge is 2.13. The Morgan fingerprint density at radius 3 is 2.92 bits per heavy atom. The molecular formula is C15H11N7OS. The van der Waals surface area contributed by atoms with E-state index in [4.69, 9.17) is 0 Å². The van der Waals surface area contributed by atoms with Crippen LogP contribution in [0.1, 0.15) is 16.3 Å². The fraction of sp³-hybridized carbons (Fsp3) is 0.0667. The number of rotatable bonds is 3. The summed E-state index contributed by atoms with van der Waals surface area (Å²) in [6.45, 7) is 1.77. The van der Waals surface area contributed by atoms with Gasteiger partial charge in [0.25, 0.3) is 5.91 Å². The van der Waals surface area contributed by atoms with Crippen molar-refractivity contribution in [2.45, 2.75) is 6.92 Å². The Labute approximate surface area is 140 Å². The molecule has 8 nitrogen and oxygen atoms in total. The predicted molar refractivity (Wildman–Crippen MR) is 88.8 cm³/mol. The van der Waals surface area contributed by atoms with E-state index >= 15 is 0 Å². The number of nitrogens with one attached hydrogen (secondary N) is 1. The monoisotopic (exact) mass is 337 g/mol. The van der Waals surface area contributed by atoms with Gasteiger partial charge in [0, 0.05) is 11.6 Å². The highest BCUT2D eigenvalue weighted by molar-refractivity contribution is 7.14. The van der Waals surface area contributed by atoms with Gasteiger partial charge < -0.3 is 0 Å². The van der Waals surface area contributed by atoms with Crippen LogP contribution < -0.4 is 5.32 Å². The molecule has 4 heterocycles. The van der Waals surface area contributed by atoms with Gasteiger partial charge >= 0.3 is 0 Å². The summed E-state index contributed by atoms with van der Waals surface area (Å²) >= 11 is 1.33. The fourth-order valence-electron chi connectivity index (χ4n) is 2.14. The van der Waals surface area contributed by atoms with Gasteiger partial charge in [-0.2, -0.15) is 9.61 Å². The zero-order valence-corrected chi connectivity index (χ0v) is 13.4. The average molecular weight is 337 g/mol. The highest BCUT2D eigenvalue weighted by Crippen LogP contribution is 2.23. The van der Waals surface area contributed by atoms with Crippen molar-refractivity contribution in [3.63, 3.8) is 0 Å². The molecule has 0 bridgehead atoms. The molecule has 0 saturated carbocycles. The first-order chi connectivity index (χ1) is 11.7. The molecule has 0 atom stereocenters. The maximum Gasteiger partial charge on any atom is 0.277 e. The third-order valence-corrected chi connectivity index (χ3v) is 4.06. The standard InChI is InChI=1S/C15H11N7OS/c1-9-19-20-13-6-5-11(21-22(9)13)14(23)18-15-17-12(8-24-15)10-4-2-3-7-16-10/h2-8H,1H3,(H,17,18,23). The van der Waals surface area contributed by atoms with Gasteiger partial charge in [-0.25, -0.2) is 4.98 Å². The molecule has 0 spiro atoms. The van der Waals surface area contributed by atoms with Crippen LogP contribution in [0.2, 0.25) is 0 Å². The van der Waals surface area contributed by atoms with Gasteiger partial charge in [-0.1, -0.05) is 6.07 Å². The summed E-state index contributed by atoms with van der Waals surface area (Å²) in [6, 6.07) is 8.90. The van der Waals surface area contributed by atoms with E-state index in [2.05, 4.69) is 30.6 Å². The molecule has 0 saturated heterocycles. The van der Waals surface area contributed by atoms with E-state index in [1.165, 1.54) is 15.9 Å². The molecule has 0 aliphatic rings. The number of nitrogens with zero attached hydrogens (tertiary/aromatic N) is 6. The molecule has 24 heavy (non-hydrogen) atoms. The Balaban J connectivity index is 1.57. The lowest BCUT2D eigenvalue weighted by atomic mass is 10.3. The van der Waals surface area contributed by atoms with Crippen LogP contribution in [0.15, 0.2) is 41.9 Å².